The summed E-state index contributed by atoms with van der Waals surface area (Å²) >= 11 is 0. The molecule has 1 aliphatic rings. The van der Waals surface area contributed by atoms with Gasteiger partial charge in [0, 0.05) is 41.6 Å². The number of phenols is 1. The van der Waals surface area contributed by atoms with Crippen LogP contribution in [0.15, 0.2) is 42.5 Å². The lowest BCUT2D eigenvalue weighted by Gasteiger charge is -2.27. The molecule has 0 aliphatic carbocycles. The summed E-state index contributed by atoms with van der Waals surface area (Å²) in [4.78, 5) is 28.9. The van der Waals surface area contributed by atoms with Crippen LogP contribution < -0.4 is 15.4 Å². The number of hydrogen-bond donors (Lipinski definition) is 3. The number of pyridine rings is 1. The Bertz CT molecular complexity index is 1130. The minimum atomic E-state index is -0.314. The molecule has 2 aromatic carbocycles. The number of nitrogens with one attached hydrogen (secondary N) is 2. The summed E-state index contributed by atoms with van der Waals surface area (Å²) in [6.45, 7) is 1.77. The zero-order valence-electron chi connectivity index (χ0n) is 16.2. The average molecular weight is 391 g/mol. The molecular weight excluding hydrogens is 370 g/mol. The Labute approximate surface area is 167 Å². The number of ether oxygens (including phenoxy) is 1. The largest absolute Gasteiger partial charge is 0.506 e. The summed E-state index contributed by atoms with van der Waals surface area (Å²) in [6.07, 6.45) is 0.554. The first kappa shape index (κ1) is 18.7. The molecule has 3 aromatic rings. The van der Waals surface area contributed by atoms with Gasteiger partial charge in [-0.2, -0.15) is 0 Å². The minimum Gasteiger partial charge on any atom is -0.506 e. The van der Waals surface area contributed by atoms with Crippen molar-refractivity contribution in [2.24, 2.45) is 0 Å². The van der Waals surface area contributed by atoms with Crippen LogP contribution in [0.5, 0.6) is 11.5 Å². The molecule has 0 radical (unpaired) electrons. The SMILES string of the molecule is CCC(=O)Nc1cc2c(cc1OC)NC(=O)C[C@@H]2c1ccc2cccc(O)c2n1. The molecule has 4 rings (SSSR count). The fourth-order valence-electron chi connectivity index (χ4n) is 3.60. The number of phenolic OH excluding ortho intramolecular Hbond substituents is 1. The molecule has 0 saturated heterocycles. The maximum absolute atomic E-state index is 12.3. The van der Waals surface area contributed by atoms with Gasteiger partial charge in [-0.25, -0.2) is 4.98 Å². The first-order valence-corrected chi connectivity index (χ1v) is 9.40. The summed E-state index contributed by atoms with van der Waals surface area (Å²) in [7, 11) is 1.51. The number of para-hydroxylation sites is 1. The predicted octanol–water partition coefficient (Wildman–Crippen LogP) is 3.77. The average Bonchev–Trinajstić information content (AvgIpc) is 2.73. The van der Waals surface area contributed by atoms with Crippen molar-refractivity contribution >= 4 is 34.1 Å². The van der Waals surface area contributed by atoms with Crippen molar-refractivity contribution in [1.29, 1.82) is 0 Å². The number of methoxy groups -OCH3 is 1. The molecule has 0 unspecified atom stereocenters. The third-order valence-electron chi connectivity index (χ3n) is 5.08. The molecule has 1 aliphatic heterocycles. The van der Waals surface area contributed by atoms with Crippen LogP contribution in [0.2, 0.25) is 0 Å². The van der Waals surface area contributed by atoms with E-state index in [4.69, 9.17) is 4.74 Å². The number of anilines is 2. The van der Waals surface area contributed by atoms with Crippen LogP contribution in [0, 0.1) is 0 Å². The van der Waals surface area contributed by atoms with Crippen LogP contribution >= 0.6 is 0 Å². The van der Waals surface area contributed by atoms with E-state index in [2.05, 4.69) is 15.6 Å². The van der Waals surface area contributed by atoms with Gasteiger partial charge < -0.3 is 20.5 Å². The van der Waals surface area contributed by atoms with Crippen molar-refractivity contribution in [1.82, 2.24) is 4.98 Å². The Morgan fingerprint density at radius 3 is 2.90 bits per heavy atom. The highest BCUT2D eigenvalue weighted by Gasteiger charge is 2.29. The number of nitrogens with zero attached hydrogens (tertiary/aromatic N) is 1. The standard InChI is InChI=1S/C22H21N3O4/c1-3-20(27)24-17-9-13-14(10-21(28)23-16(13)11-19(17)29-2)15-8-7-12-5-4-6-18(26)22(12)25-15/h4-9,11,14,26H,3,10H2,1-2H3,(H,23,28)(H,24,27)/t14-/m0/s1. The number of carbonyl (C=O) groups is 2. The van der Waals surface area contributed by atoms with Crippen LogP contribution in [0.1, 0.15) is 36.9 Å². The van der Waals surface area contributed by atoms with Crippen molar-refractivity contribution in [3.05, 3.63) is 53.7 Å². The van der Waals surface area contributed by atoms with Gasteiger partial charge in [0.25, 0.3) is 0 Å². The van der Waals surface area contributed by atoms with Gasteiger partial charge >= 0.3 is 0 Å². The fourth-order valence-corrected chi connectivity index (χ4v) is 3.60. The second-order valence-electron chi connectivity index (χ2n) is 6.93. The number of aromatic hydroxyl groups is 1. The van der Waals surface area contributed by atoms with E-state index in [0.29, 0.717) is 34.8 Å². The normalized spacial score (nSPS) is 15.5. The van der Waals surface area contributed by atoms with Crippen molar-refractivity contribution in [3.63, 3.8) is 0 Å². The fraction of sp³-hybridized carbons (Fsp3) is 0.227. The molecule has 3 N–H and O–H groups in total. The molecule has 2 heterocycles. The molecule has 148 valence electrons. The summed E-state index contributed by atoms with van der Waals surface area (Å²) in [5, 5.41) is 16.7. The molecular formula is C22H21N3O4. The summed E-state index contributed by atoms with van der Waals surface area (Å²) < 4.78 is 5.39. The lowest BCUT2D eigenvalue weighted by atomic mass is 9.86. The van der Waals surface area contributed by atoms with Crippen LogP contribution in [0.25, 0.3) is 10.9 Å². The summed E-state index contributed by atoms with van der Waals surface area (Å²) in [6, 6.07) is 12.5. The van der Waals surface area contributed by atoms with Gasteiger partial charge in [-0.3, -0.25) is 9.59 Å². The molecule has 7 heteroatoms. The number of fused-ring (bicyclic) bond motifs is 2. The first-order chi connectivity index (χ1) is 14.0. The van der Waals surface area contributed by atoms with E-state index in [0.717, 1.165) is 10.9 Å². The minimum absolute atomic E-state index is 0.0930. The Morgan fingerprint density at radius 1 is 1.31 bits per heavy atom. The predicted molar refractivity (Wildman–Crippen MR) is 110 cm³/mol. The van der Waals surface area contributed by atoms with Crippen molar-refractivity contribution in [2.45, 2.75) is 25.7 Å². The molecule has 1 aromatic heterocycles. The maximum Gasteiger partial charge on any atom is 0.225 e. The zero-order valence-corrected chi connectivity index (χ0v) is 16.2. The third kappa shape index (κ3) is 3.47. The molecule has 0 saturated carbocycles. The zero-order chi connectivity index (χ0) is 20.5. The molecule has 2 amide bonds. The first-order valence-electron chi connectivity index (χ1n) is 9.40. The lowest BCUT2D eigenvalue weighted by Crippen LogP contribution is -2.24. The molecule has 0 fully saturated rings. The highest BCUT2D eigenvalue weighted by Crippen LogP contribution is 2.42. The number of carbonyl (C=O) groups excluding carboxylic acids is 2. The van der Waals surface area contributed by atoms with Gasteiger partial charge in [-0.15, -0.1) is 0 Å². The van der Waals surface area contributed by atoms with Gasteiger partial charge in [0.05, 0.1) is 12.8 Å². The number of rotatable bonds is 4. The summed E-state index contributed by atoms with van der Waals surface area (Å²) in [5.41, 5.74) is 3.16. The van der Waals surface area contributed by atoms with Gasteiger partial charge in [-0.05, 0) is 23.8 Å². The monoisotopic (exact) mass is 391 g/mol. The van der Waals surface area contributed by atoms with Crippen molar-refractivity contribution in [2.75, 3.05) is 17.7 Å². The maximum atomic E-state index is 12.3. The van der Waals surface area contributed by atoms with E-state index in [9.17, 15) is 14.7 Å². The number of aromatic nitrogens is 1. The Kier molecular flexibility index (Phi) is 4.80. The summed E-state index contributed by atoms with van der Waals surface area (Å²) in [5.74, 6) is -0.0144. The van der Waals surface area contributed by atoms with Gasteiger partial charge in [0.2, 0.25) is 11.8 Å². The molecule has 0 bridgehead atoms. The van der Waals surface area contributed by atoms with Crippen molar-refractivity contribution in [3.8, 4) is 11.5 Å². The van der Waals surface area contributed by atoms with E-state index in [1.165, 1.54) is 7.11 Å². The third-order valence-corrected chi connectivity index (χ3v) is 5.08. The number of benzene rings is 2. The van der Waals surface area contributed by atoms with Crippen LogP contribution in [0.4, 0.5) is 11.4 Å². The smallest absolute Gasteiger partial charge is 0.225 e. The lowest BCUT2D eigenvalue weighted by molar-refractivity contribution is -0.117. The Hall–Kier alpha value is -3.61. The molecule has 29 heavy (non-hydrogen) atoms. The van der Waals surface area contributed by atoms with E-state index in [1.807, 2.05) is 24.3 Å². The molecule has 1 atom stereocenters. The van der Waals surface area contributed by atoms with Gasteiger partial charge in [-0.1, -0.05) is 25.1 Å². The van der Waals surface area contributed by atoms with E-state index < -0.39 is 0 Å². The quantitative estimate of drug-likeness (QED) is 0.629. The van der Waals surface area contributed by atoms with Gasteiger partial charge in [0.1, 0.15) is 17.0 Å². The van der Waals surface area contributed by atoms with Crippen LogP contribution in [0.3, 0.4) is 0 Å². The Morgan fingerprint density at radius 2 is 2.14 bits per heavy atom. The number of hydrogen-bond acceptors (Lipinski definition) is 5. The second-order valence-corrected chi connectivity index (χ2v) is 6.93. The van der Waals surface area contributed by atoms with E-state index in [1.54, 1.807) is 25.1 Å². The highest BCUT2D eigenvalue weighted by molar-refractivity contribution is 5.98. The molecule has 7 nitrogen and oxygen atoms in total. The highest BCUT2D eigenvalue weighted by atomic mass is 16.5. The second kappa shape index (κ2) is 7.43. The van der Waals surface area contributed by atoms with Crippen LogP contribution in [-0.4, -0.2) is 29.0 Å². The Balaban J connectivity index is 1.84. The van der Waals surface area contributed by atoms with Gasteiger partial charge in [0.15, 0.2) is 0 Å². The number of amides is 2. The van der Waals surface area contributed by atoms with E-state index >= 15 is 0 Å². The molecule has 0 spiro atoms. The van der Waals surface area contributed by atoms with Crippen molar-refractivity contribution < 1.29 is 19.4 Å². The van der Waals surface area contributed by atoms with Crippen LogP contribution in [-0.2, 0) is 9.59 Å². The topological polar surface area (TPSA) is 101 Å². The van der Waals surface area contributed by atoms with E-state index in [-0.39, 0.29) is 29.9 Å².